The quantitative estimate of drug-likeness (QED) is 0.504. The zero-order chi connectivity index (χ0) is 14.4. The predicted octanol–water partition coefficient (Wildman–Crippen LogP) is 3.06. The number of amides is 1. The van der Waals surface area contributed by atoms with Crippen LogP contribution in [0.4, 0.5) is 0 Å². The van der Waals surface area contributed by atoms with Gasteiger partial charge < -0.3 is 4.74 Å². The van der Waals surface area contributed by atoms with Crippen molar-refractivity contribution in [3.63, 3.8) is 0 Å². The molecule has 0 aromatic heterocycles. The number of carbonyl (C=O) groups excluding carboxylic acids is 1. The number of hydrogen-bond acceptors (Lipinski definition) is 3. The van der Waals surface area contributed by atoms with Crippen LogP contribution < -0.4 is 10.2 Å². The number of carbonyl (C=O) groups is 1. The van der Waals surface area contributed by atoms with E-state index in [4.69, 9.17) is 4.74 Å². The Labute approximate surface area is 131 Å². The molecule has 0 unspecified atom stereocenters. The van der Waals surface area contributed by atoms with Crippen molar-refractivity contribution in [3.8, 4) is 5.75 Å². The minimum absolute atomic E-state index is 0.273. The molecule has 0 radical (unpaired) electrons. The molecule has 20 heavy (non-hydrogen) atoms. The van der Waals surface area contributed by atoms with Gasteiger partial charge in [0.05, 0.1) is 13.3 Å². The van der Waals surface area contributed by atoms with Crippen LogP contribution in [0.2, 0.25) is 0 Å². The molecule has 0 aliphatic heterocycles. The molecule has 102 valence electrons. The standard InChI is InChI=1S/C15H13IN2O2/c1-20-14-4-2-3-12(9-14)15(19)18-17-10-11-5-7-13(16)8-6-11/h2-10H,1H3,(H,18,19)/b17-10+. The summed E-state index contributed by atoms with van der Waals surface area (Å²) in [6.45, 7) is 0. The predicted molar refractivity (Wildman–Crippen MR) is 87.2 cm³/mol. The zero-order valence-corrected chi connectivity index (χ0v) is 13.0. The Morgan fingerprint density at radius 3 is 2.70 bits per heavy atom. The van der Waals surface area contributed by atoms with Crippen LogP contribution in [-0.2, 0) is 0 Å². The van der Waals surface area contributed by atoms with Gasteiger partial charge in [-0.25, -0.2) is 5.43 Å². The van der Waals surface area contributed by atoms with Gasteiger partial charge in [0.1, 0.15) is 5.75 Å². The van der Waals surface area contributed by atoms with Crippen molar-refractivity contribution in [3.05, 3.63) is 63.2 Å². The van der Waals surface area contributed by atoms with Crippen LogP contribution in [0.25, 0.3) is 0 Å². The molecule has 5 heteroatoms. The smallest absolute Gasteiger partial charge is 0.271 e. The third-order valence-electron chi connectivity index (χ3n) is 2.58. The third kappa shape index (κ3) is 4.06. The maximum atomic E-state index is 11.9. The summed E-state index contributed by atoms with van der Waals surface area (Å²) in [5, 5.41) is 3.94. The van der Waals surface area contributed by atoms with E-state index >= 15 is 0 Å². The second kappa shape index (κ2) is 7.04. The third-order valence-corrected chi connectivity index (χ3v) is 3.30. The fourth-order valence-corrected chi connectivity index (χ4v) is 1.90. The summed E-state index contributed by atoms with van der Waals surface area (Å²) >= 11 is 2.23. The molecule has 0 heterocycles. The van der Waals surface area contributed by atoms with E-state index in [-0.39, 0.29) is 5.91 Å². The molecule has 0 bridgehead atoms. The number of nitrogens with zero attached hydrogens (tertiary/aromatic N) is 1. The van der Waals surface area contributed by atoms with Crippen LogP contribution in [0.3, 0.4) is 0 Å². The number of halogens is 1. The molecule has 2 rings (SSSR count). The number of hydrogen-bond donors (Lipinski definition) is 1. The molecule has 0 atom stereocenters. The van der Waals surface area contributed by atoms with Crippen LogP contribution in [0.15, 0.2) is 53.6 Å². The summed E-state index contributed by atoms with van der Waals surface area (Å²) in [4.78, 5) is 11.9. The Bertz CT molecular complexity index is 624. The Morgan fingerprint density at radius 2 is 2.00 bits per heavy atom. The molecular weight excluding hydrogens is 367 g/mol. The summed E-state index contributed by atoms with van der Waals surface area (Å²) in [7, 11) is 1.56. The summed E-state index contributed by atoms with van der Waals surface area (Å²) in [6.07, 6.45) is 1.61. The second-order valence-electron chi connectivity index (χ2n) is 3.98. The average Bonchev–Trinajstić information content (AvgIpc) is 2.49. The maximum absolute atomic E-state index is 11.9. The number of ether oxygens (including phenoxy) is 1. The van der Waals surface area contributed by atoms with E-state index in [0.29, 0.717) is 11.3 Å². The number of benzene rings is 2. The fraction of sp³-hybridized carbons (Fsp3) is 0.0667. The Kier molecular flexibility index (Phi) is 5.11. The van der Waals surface area contributed by atoms with E-state index in [9.17, 15) is 4.79 Å². The molecule has 0 saturated carbocycles. The average molecular weight is 380 g/mol. The summed E-state index contributed by atoms with van der Waals surface area (Å²) in [6, 6.07) is 14.7. The van der Waals surface area contributed by atoms with Gasteiger partial charge >= 0.3 is 0 Å². The lowest BCUT2D eigenvalue weighted by Gasteiger charge is -2.02. The van der Waals surface area contributed by atoms with Crippen molar-refractivity contribution in [2.75, 3.05) is 7.11 Å². The number of rotatable bonds is 4. The molecular formula is C15H13IN2O2. The van der Waals surface area contributed by atoms with Gasteiger partial charge in [0, 0.05) is 9.13 Å². The first-order valence-electron chi connectivity index (χ1n) is 5.92. The Hall–Kier alpha value is -1.89. The minimum Gasteiger partial charge on any atom is -0.497 e. The van der Waals surface area contributed by atoms with E-state index in [0.717, 1.165) is 9.13 Å². The molecule has 1 amide bonds. The van der Waals surface area contributed by atoms with Crippen molar-refractivity contribution in [2.24, 2.45) is 5.10 Å². The number of hydrazone groups is 1. The van der Waals surface area contributed by atoms with Crippen molar-refractivity contribution >= 4 is 34.7 Å². The highest BCUT2D eigenvalue weighted by Gasteiger charge is 2.04. The van der Waals surface area contributed by atoms with Crippen LogP contribution in [0.5, 0.6) is 5.75 Å². The van der Waals surface area contributed by atoms with Crippen molar-refractivity contribution in [2.45, 2.75) is 0 Å². The van der Waals surface area contributed by atoms with Crippen molar-refractivity contribution < 1.29 is 9.53 Å². The first-order chi connectivity index (χ1) is 9.69. The molecule has 2 aromatic rings. The highest BCUT2D eigenvalue weighted by molar-refractivity contribution is 14.1. The van der Waals surface area contributed by atoms with E-state index in [1.54, 1.807) is 37.6 Å². The topological polar surface area (TPSA) is 50.7 Å². The van der Waals surface area contributed by atoms with Gasteiger partial charge in [-0.3, -0.25) is 4.79 Å². The van der Waals surface area contributed by atoms with E-state index in [1.807, 2.05) is 24.3 Å². The number of nitrogens with one attached hydrogen (secondary N) is 1. The van der Waals surface area contributed by atoms with E-state index in [2.05, 4.69) is 33.1 Å². The maximum Gasteiger partial charge on any atom is 0.271 e. The van der Waals surface area contributed by atoms with Crippen LogP contribution in [0.1, 0.15) is 15.9 Å². The highest BCUT2D eigenvalue weighted by atomic mass is 127. The largest absolute Gasteiger partial charge is 0.497 e. The van der Waals surface area contributed by atoms with Gasteiger partial charge in [0.2, 0.25) is 0 Å². The normalized spacial score (nSPS) is 10.5. The van der Waals surface area contributed by atoms with Crippen LogP contribution in [0, 0.1) is 3.57 Å². The first-order valence-corrected chi connectivity index (χ1v) is 7.00. The molecule has 0 spiro atoms. The first kappa shape index (κ1) is 14.5. The van der Waals surface area contributed by atoms with Gasteiger partial charge in [-0.1, -0.05) is 18.2 Å². The van der Waals surface area contributed by atoms with Gasteiger partial charge in [-0.05, 0) is 58.5 Å². The number of methoxy groups -OCH3 is 1. The second-order valence-corrected chi connectivity index (χ2v) is 5.23. The molecule has 0 fully saturated rings. The minimum atomic E-state index is -0.273. The van der Waals surface area contributed by atoms with E-state index in [1.165, 1.54) is 0 Å². The lowest BCUT2D eigenvalue weighted by atomic mass is 10.2. The SMILES string of the molecule is COc1cccc(C(=O)N/N=C/c2ccc(I)cc2)c1. The summed E-state index contributed by atoms with van der Waals surface area (Å²) in [5.74, 6) is 0.366. The van der Waals surface area contributed by atoms with Crippen molar-refractivity contribution in [1.82, 2.24) is 5.43 Å². The summed E-state index contributed by atoms with van der Waals surface area (Å²) < 4.78 is 6.22. The lowest BCUT2D eigenvalue weighted by Crippen LogP contribution is -2.17. The molecule has 4 nitrogen and oxygen atoms in total. The zero-order valence-electron chi connectivity index (χ0n) is 10.8. The monoisotopic (exact) mass is 380 g/mol. The Morgan fingerprint density at radius 1 is 1.25 bits per heavy atom. The van der Waals surface area contributed by atoms with Crippen molar-refractivity contribution in [1.29, 1.82) is 0 Å². The highest BCUT2D eigenvalue weighted by Crippen LogP contribution is 2.12. The van der Waals surface area contributed by atoms with Crippen LogP contribution >= 0.6 is 22.6 Å². The van der Waals surface area contributed by atoms with Gasteiger partial charge in [0.15, 0.2) is 0 Å². The molecule has 0 saturated heterocycles. The van der Waals surface area contributed by atoms with Gasteiger partial charge in [0.25, 0.3) is 5.91 Å². The summed E-state index contributed by atoms with van der Waals surface area (Å²) in [5.41, 5.74) is 3.92. The molecule has 1 N–H and O–H groups in total. The van der Waals surface area contributed by atoms with Crippen LogP contribution in [-0.4, -0.2) is 19.2 Å². The molecule has 0 aliphatic carbocycles. The molecule has 2 aromatic carbocycles. The fourth-order valence-electron chi connectivity index (χ4n) is 1.54. The van der Waals surface area contributed by atoms with E-state index < -0.39 is 0 Å². The molecule has 0 aliphatic rings. The lowest BCUT2D eigenvalue weighted by molar-refractivity contribution is 0.0955. The van der Waals surface area contributed by atoms with Gasteiger partial charge in [-0.2, -0.15) is 5.10 Å². The Balaban J connectivity index is 1.99. The van der Waals surface area contributed by atoms with Gasteiger partial charge in [-0.15, -0.1) is 0 Å².